The molecule has 0 bridgehead atoms. The Bertz CT molecular complexity index is 759. The topological polar surface area (TPSA) is 98.5 Å². The van der Waals surface area contributed by atoms with E-state index in [9.17, 15) is 19.7 Å². The van der Waals surface area contributed by atoms with E-state index in [0.717, 1.165) is 0 Å². The zero-order valence-electron chi connectivity index (χ0n) is 13.8. The molecule has 0 amide bonds. The Balaban J connectivity index is 2.38. The van der Waals surface area contributed by atoms with Gasteiger partial charge in [0.05, 0.1) is 4.92 Å². The number of carbonyl (C=O) groups is 2. The van der Waals surface area contributed by atoms with Gasteiger partial charge in [-0.2, -0.15) is 0 Å². The van der Waals surface area contributed by atoms with Crippen molar-refractivity contribution in [3.63, 3.8) is 0 Å². The second-order valence-corrected chi connectivity index (χ2v) is 5.38. The fourth-order valence-electron chi connectivity index (χ4n) is 2.49. The van der Waals surface area contributed by atoms with E-state index in [1.807, 2.05) is 0 Å². The number of hydrogen-bond acceptors (Lipinski definition) is 6. The minimum absolute atomic E-state index is 0.0827. The molecule has 1 N–H and O–H groups in total. The molecule has 0 spiro atoms. The van der Waals surface area contributed by atoms with Crippen molar-refractivity contribution in [3.05, 3.63) is 75.8 Å². The minimum atomic E-state index is -0.906. The fraction of sp³-hybridized carbons (Fsp3) is 0.222. The lowest BCUT2D eigenvalue weighted by molar-refractivity contribution is -0.384. The number of non-ortho nitro benzene ring substituents is 1. The Labute approximate surface area is 144 Å². The Morgan fingerprint density at radius 1 is 1.08 bits per heavy atom. The molecule has 0 aliphatic carbocycles. The molecule has 2 rings (SSSR count). The molecule has 0 heterocycles. The maximum Gasteiger partial charge on any atom is 0.303 e. The zero-order chi connectivity index (χ0) is 18.4. The lowest BCUT2D eigenvalue weighted by Crippen LogP contribution is -2.41. The van der Waals surface area contributed by atoms with Crippen LogP contribution in [0.15, 0.2) is 54.6 Å². The van der Waals surface area contributed by atoms with Crippen LogP contribution < -0.4 is 5.32 Å². The molecule has 0 aromatic heterocycles. The van der Waals surface area contributed by atoms with Gasteiger partial charge in [-0.1, -0.05) is 30.3 Å². The van der Waals surface area contributed by atoms with E-state index in [1.54, 1.807) is 37.4 Å². The monoisotopic (exact) mass is 342 g/mol. The van der Waals surface area contributed by atoms with Crippen molar-refractivity contribution in [2.75, 3.05) is 7.05 Å². The van der Waals surface area contributed by atoms with Gasteiger partial charge in [0.1, 0.15) is 12.1 Å². The van der Waals surface area contributed by atoms with Gasteiger partial charge in [0.15, 0.2) is 5.78 Å². The van der Waals surface area contributed by atoms with Gasteiger partial charge in [0, 0.05) is 24.6 Å². The highest BCUT2D eigenvalue weighted by atomic mass is 16.6. The van der Waals surface area contributed by atoms with Gasteiger partial charge in [-0.25, -0.2) is 0 Å². The summed E-state index contributed by atoms with van der Waals surface area (Å²) in [7, 11) is 1.59. The minimum Gasteiger partial charge on any atom is -0.455 e. The van der Waals surface area contributed by atoms with Crippen LogP contribution in [0.25, 0.3) is 0 Å². The molecule has 0 aliphatic rings. The molecule has 2 unspecified atom stereocenters. The van der Waals surface area contributed by atoms with Gasteiger partial charge in [-0.15, -0.1) is 0 Å². The predicted octanol–water partition coefficient (Wildman–Crippen LogP) is 2.67. The van der Waals surface area contributed by atoms with Crippen molar-refractivity contribution >= 4 is 17.4 Å². The predicted molar refractivity (Wildman–Crippen MR) is 91.2 cm³/mol. The standard InChI is InChI=1S/C18H18N2O5/c1-12(21)25-18(14-8-10-15(11-9-14)20(23)24)16(19-2)17(22)13-6-4-3-5-7-13/h3-11,16,18-19H,1-2H3. The van der Waals surface area contributed by atoms with Crippen molar-refractivity contribution < 1.29 is 19.2 Å². The molecule has 0 fully saturated rings. The molecule has 130 valence electrons. The summed E-state index contributed by atoms with van der Waals surface area (Å²) >= 11 is 0. The van der Waals surface area contributed by atoms with Gasteiger partial charge in [0.2, 0.25) is 0 Å². The normalized spacial score (nSPS) is 12.9. The Morgan fingerprint density at radius 2 is 1.68 bits per heavy atom. The van der Waals surface area contributed by atoms with Crippen LogP contribution in [0.1, 0.15) is 28.9 Å². The van der Waals surface area contributed by atoms with Crippen LogP contribution in [-0.4, -0.2) is 29.8 Å². The number of nitrogens with zero attached hydrogens (tertiary/aromatic N) is 1. The maximum absolute atomic E-state index is 12.8. The average molecular weight is 342 g/mol. The van der Waals surface area contributed by atoms with Gasteiger partial charge < -0.3 is 10.1 Å². The van der Waals surface area contributed by atoms with Crippen molar-refractivity contribution in [2.45, 2.75) is 19.1 Å². The number of carbonyl (C=O) groups excluding carboxylic acids is 2. The highest BCUT2D eigenvalue weighted by Crippen LogP contribution is 2.26. The van der Waals surface area contributed by atoms with E-state index >= 15 is 0 Å². The lowest BCUT2D eigenvalue weighted by Gasteiger charge is -2.26. The van der Waals surface area contributed by atoms with Crippen molar-refractivity contribution in [2.24, 2.45) is 0 Å². The Kier molecular flexibility index (Phi) is 5.97. The highest BCUT2D eigenvalue weighted by molar-refractivity contribution is 6.00. The first-order valence-electron chi connectivity index (χ1n) is 7.62. The average Bonchev–Trinajstić information content (AvgIpc) is 2.62. The van der Waals surface area contributed by atoms with Crippen molar-refractivity contribution in [3.8, 4) is 0 Å². The first kappa shape index (κ1) is 18.3. The van der Waals surface area contributed by atoms with Crippen LogP contribution in [0.3, 0.4) is 0 Å². The summed E-state index contributed by atoms with van der Waals surface area (Å²) in [6, 6.07) is 13.4. The van der Waals surface area contributed by atoms with Crippen LogP contribution in [0.4, 0.5) is 5.69 Å². The highest BCUT2D eigenvalue weighted by Gasteiger charge is 2.31. The number of ketones is 1. The number of Topliss-reactive ketones (excluding diaryl/α,β-unsaturated/α-hetero) is 1. The number of rotatable bonds is 7. The van der Waals surface area contributed by atoms with E-state index in [0.29, 0.717) is 11.1 Å². The van der Waals surface area contributed by atoms with E-state index in [2.05, 4.69) is 5.32 Å². The molecule has 2 atom stereocenters. The van der Waals surface area contributed by atoms with Crippen LogP contribution >= 0.6 is 0 Å². The van der Waals surface area contributed by atoms with E-state index in [4.69, 9.17) is 4.74 Å². The number of likely N-dealkylation sites (N-methyl/N-ethyl adjacent to an activating group) is 1. The molecule has 0 saturated carbocycles. The maximum atomic E-state index is 12.8. The lowest BCUT2D eigenvalue weighted by atomic mass is 9.94. The summed E-state index contributed by atoms with van der Waals surface area (Å²) in [5, 5.41) is 13.7. The fourth-order valence-corrected chi connectivity index (χ4v) is 2.49. The quantitative estimate of drug-likeness (QED) is 0.359. The molecule has 7 nitrogen and oxygen atoms in total. The van der Waals surface area contributed by atoms with E-state index < -0.39 is 23.0 Å². The second-order valence-electron chi connectivity index (χ2n) is 5.38. The summed E-state index contributed by atoms with van der Waals surface area (Å²) in [4.78, 5) is 34.6. The van der Waals surface area contributed by atoms with Crippen LogP contribution in [0.5, 0.6) is 0 Å². The number of benzene rings is 2. The van der Waals surface area contributed by atoms with Gasteiger partial charge in [-0.05, 0) is 24.7 Å². The smallest absolute Gasteiger partial charge is 0.303 e. The van der Waals surface area contributed by atoms with Crippen molar-refractivity contribution in [1.82, 2.24) is 5.32 Å². The third-order valence-corrected chi connectivity index (χ3v) is 3.68. The number of hydrogen-bond donors (Lipinski definition) is 1. The number of esters is 1. The summed E-state index contributed by atoms with van der Waals surface area (Å²) in [6.07, 6.45) is -0.906. The molecule has 2 aromatic rings. The number of nitrogens with one attached hydrogen (secondary N) is 1. The largest absolute Gasteiger partial charge is 0.455 e. The van der Waals surface area contributed by atoms with Gasteiger partial charge in [0.25, 0.3) is 5.69 Å². The molecule has 2 aromatic carbocycles. The Morgan fingerprint density at radius 3 is 2.16 bits per heavy atom. The molecule has 0 saturated heterocycles. The van der Waals surface area contributed by atoms with Gasteiger partial charge in [-0.3, -0.25) is 19.7 Å². The summed E-state index contributed by atoms with van der Waals surface area (Å²) < 4.78 is 5.34. The SMILES string of the molecule is CNC(C(=O)c1ccccc1)C(OC(C)=O)c1ccc([N+](=O)[O-])cc1. The number of ether oxygens (including phenoxy) is 1. The van der Waals surface area contributed by atoms with Gasteiger partial charge >= 0.3 is 5.97 Å². The number of nitro groups is 1. The third-order valence-electron chi connectivity index (χ3n) is 3.68. The third kappa shape index (κ3) is 4.48. The molecule has 0 radical (unpaired) electrons. The molecular formula is C18H18N2O5. The van der Waals surface area contributed by atoms with E-state index in [1.165, 1.54) is 31.2 Å². The molecule has 7 heteroatoms. The summed E-state index contributed by atoms with van der Waals surface area (Å²) in [5.74, 6) is -0.794. The van der Waals surface area contributed by atoms with Crippen LogP contribution in [-0.2, 0) is 9.53 Å². The second kappa shape index (κ2) is 8.16. The van der Waals surface area contributed by atoms with Crippen molar-refractivity contribution in [1.29, 1.82) is 0 Å². The summed E-state index contributed by atoms with van der Waals surface area (Å²) in [5.41, 5.74) is 0.881. The summed E-state index contributed by atoms with van der Waals surface area (Å²) in [6.45, 7) is 1.25. The Hall–Kier alpha value is -3.06. The first-order valence-corrected chi connectivity index (χ1v) is 7.62. The molecular weight excluding hydrogens is 324 g/mol. The van der Waals surface area contributed by atoms with Crippen LogP contribution in [0, 0.1) is 10.1 Å². The zero-order valence-corrected chi connectivity index (χ0v) is 13.8. The molecule has 25 heavy (non-hydrogen) atoms. The van der Waals surface area contributed by atoms with Crippen LogP contribution in [0.2, 0.25) is 0 Å². The van der Waals surface area contributed by atoms with E-state index in [-0.39, 0.29) is 11.5 Å². The first-order chi connectivity index (χ1) is 11.9. The molecule has 0 aliphatic heterocycles. The number of nitro benzene ring substituents is 1.